The van der Waals surface area contributed by atoms with Gasteiger partial charge in [0.15, 0.2) is 0 Å². The van der Waals surface area contributed by atoms with E-state index in [1.807, 2.05) is 0 Å². The van der Waals surface area contributed by atoms with E-state index in [1.54, 1.807) is 0 Å². The van der Waals surface area contributed by atoms with Gasteiger partial charge in [-0.25, -0.2) is 0 Å². The number of anilines is 1. The fourth-order valence-corrected chi connectivity index (χ4v) is 2.15. The molecule has 0 aliphatic carbocycles. The van der Waals surface area contributed by atoms with Gasteiger partial charge in [0.1, 0.15) is 0 Å². The van der Waals surface area contributed by atoms with E-state index in [2.05, 4.69) is 87.4 Å². The van der Waals surface area contributed by atoms with Gasteiger partial charge in [-0.05, 0) is 42.7 Å². The fraction of sp³-hybridized carbons (Fsp3) is 0.222. The summed E-state index contributed by atoms with van der Waals surface area (Å²) in [4.78, 5) is 2.15. The molecule has 1 heteroatoms. The average molecular weight is 251 g/mol. The summed E-state index contributed by atoms with van der Waals surface area (Å²) in [6, 6.07) is 17.1. The fourth-order valence-electron chi connectivity index (χ4n) is 2.15. The van der Waals surface area contributed by atoms with Crippen LogP contribution in [0.1, 0.15) is 23.6 Å². The molecule has 2 rings (SSSR count). The molecule has 0 atom stereocenters. The van der Waals surface area contributed by atoms with Crippen molar-refractivity contribution in [2.24, 2.45) is 0 Å². The number of para-hydroxylation sites is 1. The lowest BCUT2D eigenvalue weighted by Crippen LogP contribution is -2.09. The third kappa shape index (κ3) is 3.25. The second-order valence-corrected chi connectivity index (χ2v) is 5.15. The van der Waals surface area contributed by atoms with Crippen LogP contribution >= 0.6 is 0 Å². The third-order valence-corrected chi connectivity index (χ3v) is 3.30. The van der Waals surface area contributed by atoms with E-state index in [0.29, 0.717) is 0 Å². The maximum Gasteiger partial charge on any atom is 0.0434 e. The van der Waals surface area contributed by atoms with Crippen molar-refractivity contribution >= 4 is 17.3 Å². The highest BCUT2D eigenvalue weighted by molar-refractivity contribution is 5.84. The second-order valence-electron chi connectivity index (χ2n) is 5.15. The van der Waals surface area contributed by atoms with E-state index in [-0.39, 0.29) is 0 Å². The standard InChI is InChI=1S/C18H21N/c1-14-9-11-16(12-10-14)15(2)13-17-7-5-6-8-18(17)19(3)4/h5-13H,1-4H3. The van der Waals surface area contributed by atoms with Crippen LogP contribution < -0.4 is 4.90 Å². The summed E-state index contributed by atoms with van der Waals surface area (Å²) in [6.45, 7) is 4.28. The first-order chi connectivity index (χ1) is 9.08. The van der Waals surface area contributed by atoms with Crippen molar-refractivity contribution in [1.82, 2.24) is 0 Å². The van der Waals surface area contributed by atoms with E-state index >= 15 is 0 Å². The van der Waals surface area contributed by atoms with Gasteiger partial charge in [-0.15, -0.1) is 0 Å². The first-order valence-electron chi connectivity index (χ1n) is 6.59. The largest absolute Gasteiger partial charge is 0.377 e. The van der Waals surface area contributed by atoms with Gasteiger partial charge >= 0.3 is 0 Å². The van der Waals surface area contributed by atoms with Crippen molar-refractivity contribution in [3.05, 3.63) is 65.2 Å². The lowest BCUT2D eigenvalue weighted by Gasteiger charge is -2.16. The Morgan fingerprint density at radius 2 is 1.58 bits per heavy atom. The number of benzene rings is 2. The molecular formula is C18H21N. The molecule has 0 fully saturated rings. The predicted octanol–water partition coefficient (Wildman–Crippen LogP) is 4.62. The molecule has 0 radical (unpaired) electrons. The van der Waals surface area contributed by atoms with Gasteiger partial charge in [-0.3, -0.25) is 0 Å². The summed E-state index contributed by atoms with van der Waals surface area (Å²) >= 11 is 0. The molecule has 0 aromatic heterocycles. The first-order valence-corrected chi connectivity index (χ1v) is 6.59. The van der Waals surface area contributed by atoms with Crippen LogP contribution in [0, 0.1) is 6.92 Å². The van der Waals surface area contributed by atoms with Crippen LogP contribution in [0.2, 0.25) is 0 Å². The van der Waals surface area contributed by atoms with Crippen LogP contribution in [0.5, 0.6) is 0 Å². The van der Waals surface area contributed by atoms with Gasteiger partial charge in [-0.1, -0.05) is 48.0 Å². The minimum atomic E-state index is 1.24. The van der Waals surface area contributed by atoms with Crippen LogP contribution in [0.3, 0.4) is 0 Å². The maximum atomic E-state index is 2.25. The molecule has 0 bridgehead atoms. The van der Waals surface area contributed by atoms with Crippen molar-refractivity contribution in [2.75, 3.05) is 19.0 Å². The Balaban J connectivity index is 2.38. The molecule has 98 valence electrons. The lowest BCUT2D eigenvalue weighted by atomic mass is 10.0. The number of aryl methyl sites for hydroxylation is 1. The molecule has 0 saturated carbocycles. The maximum absolute atomic E-state index is 2.25. The number of hydrogen-bond acceptors (Lipinski definition) is 1. The average Bonchev–Trinajstić information content (AvgIpc) is 2.39. The van der Waals surface area contributed by atoms with Crippen molar-refractivity contribution in [3.8, 4) is 0 Å². The summed E-state index contributed by atoms with van der Waals surface area (Å²) in [7, 11) is 4.15. The lowest BCUT2D eigenvalue weighted by molar-refractivity contribution is 1.13. The molecule has 0 unspecified atom stereocenters. The first kappa shape index (κ1) is 13.4. The molecule has 0 amide bonds. The Kier molecular flexibility index (Phi) is 4.06. The minimum absolute atomic E-state index is 1.24. The zero-order valence-electron chi connectivity index (χ0n) is 12.1. The van der Waals surface area contributed by atoms with Crippen molar-refractivity contribution in [1.29, 1.82) is 0 Å². The molecule has 0 aliphatic rings. The second kappa shape index (κ2) is 5.75. The molecule has 2 aromatic carbocycles. The monoisotopic (exact) mass is 251 g/mol. The van der Waals surface area contributed by atoms with Crippen LogP contribution in [0.15, 0.2) is 48.5 Å². The quantitative estimate of drug-likeness (QED) is 0.719. The topological polar surface area (TPSA) is 3.24 Å². The highest BCUT2D eigenvalue weighted by Gasteiger charge is 2.02. The predicted molar refractivity (Wildman–Crippen MR) is 85.5 cm³/mol. The summed E-state index contributed by atoms with van der Waals surface area (Å²) in [6.07, 6.45) is 2.25. The van der Waals surface area contributed by atoms with Crippen LogP contribution in [0.4, 0.5) is 5.69 Å². The van der Waals surface area contributed by atoms with E-state index in [1.165, 1.54) is 28.0 Å². The normalized spacial score (nSPS) is 11.5. The number of allylic oxidation sites excluding steroid dienone is 1. The SMILES string of the molecule is CC(=Cc1ccccc1N(C)C)c1ccc(C)cc1. The van der Waals surface area contributed by atoms with Crippen LogP contribution in [0.25, 0.3) is 11.6 Å². The molecule has 2 aromatic rings. The van der Waals surface area contributed by atoms with Crippen molar-refractivity contribution < 1.29 is 0 Å². The van der Waals surface area contributed by atoms with Gasteiger partial charge < -0.3 is 4.90 Å². The Morgan fingerprint density at radius 1 is 0.947 bits per heavy atom. The van der Waals surface area contributed by atoms with Crippen LogP contribution in [-0.4, -0.2) is 14.1 Å². The van der Waals surface area contributed by atoms with Gasteiger partial charge in [0.05, 0.1) is 0 Å². The zero-order valence-corrected chi connectivity index (χ0v) is 12.1. The molecule has 0 heterocycles. The van der Waals surface area contributed by atoms with Crippen molar-refractivity contribution in [2.45, 2.75) is 13.8 Å². The van der Waals surface area contributed by atoms with E-state index in [4.69, 9.17) is 0 Å². The Hall–Kier alpha value is -2.02. The summed E-state index contributed by atoms with van der Waals surface area (Å²) in [5, 5.41) is 0. The number of hydrogen-bond donors (Lipinski definition) is 0. The highest BCUT2D eigenvalue weighted by Crippen LogP contribution is 2.24. The highest BCUT2D eigenvalue weighted by atomic mass is 15.1. The molecule has 0 saturated heterocycles. The third-order valence-electron chi connectivity index (χ3n) is 3.30. The van der Waals surface area contributed by atoms with Crippen LogP contribution in [-0.2, 0) is 0 Å². The zero-order chi connectivity index (χ0) is 13.8. The molecule has 19 heavy (non-hydrogen) atoms. The summed E-state index contributed by atoms with van der Waals surface area (Å²) < 4.78 is 0. The van der Waals surface area contributed by atoms with E-state index in [0.717, 1.165) is 0 Å². The Bertz CT molecular complexity index is 577. The molecule has 0 spiro atoms. The summed E-state index contributed by atoms with van der Waals surface area (Å²) in [5.74, 6) is 0. The van der Waals surface area contributed by atoms with Gasteiger partial charge in [0, 0.05) is 19.8 Å². The molecule has 0 N–H and O–H groups in total. The smallest absolute Gasteiger partial charge is 0.0434 e. The number of rotatable bonds is 3. The van der Waals surface area contributed by atoms with E-state index < -0.39 is 0 Å². The van der Waals surface area contributed by atoms with Gasteiger partial charge in [0.25, 0.3) is 0 Å². The van der Waals surface area contributed by atoms with Gasteiger partial charge in [-0.2, -0.15) is 0 Å². The van der Waals surface area contributed by atoms with Gasteiger partial charge in [0.2, 0.25) is 0 Å². The molecular weight excluding hydrogens is 230 g/mol. The Morgan fingerprint density at radius 3 is 2.21 bits per heavy atom. The summed E-state index contributed by atoms with van der Waals surface area (Å²) in [5.41, 5.74) is 6.36. The Labute approximate surface area is 116 Å². The molecule has 1 nitrogen and oxygen atoms in total. The minimum Gasteiger partial charge on any atom is -0.377 e. The number of nitrogens with zero attached hydrogens (tertiary/aromatic N) is 1. The van der Waals surface area contributed by atoms with E-state index in [9.17, 15) is 0 Å². The molecule has 0 aliphatic heterocycles. The van der Waals surface area contributed by atoms with Crippen molar-refractivity contribution in [3.63, 3.8) is 0 Å².